The van der Waals surface area contributed by atoms with Crippen LogP contribution in [0, 0.1) is 0 Å². The minimum absolute atomic E-state index is 0.0759. The summed E-state index contributed by atoms with van der Waals surface area (Å²) in [5.74, 6) is 0.758. The molecule has 2 aromatic carbocycles. The third kappa shape index (κ3) is 4.92. The van der Waals surface area contributed by atoms with Gasteiger partial charge in [0, 0.05) is 31.8 Å². The van der Waals surface area contributed by atoms with Crippen LogP contribution in [0.1, 0.15) is 10.4 Å². The quantitative estimate of drug-likeness (QED) is 0.432. The van der Waals surface area contributed by atoms with Crippen molar-refractivity contribution < 1.29 is 22.7 Å². The molecule has 1 heterocycles. The molecule has 3 rings (SSSR count). The highest BCUT2D eigenvalue weighted by atomic mass is 32.2. The zero-order valence-corrected chi connectivity index (χ0v) is 20.3. The van der Waals surface area contributed by atoms with Crippen molar-refractivity contribution in [2.75, 3.05) is 27.3 Å². The standard InChI is InChI=1S/C23H25N3O5S2/c1-6-12-26(13-7-2)33(28,29)18-10-8-16(9-11-18)22(27)24-23-25(3)21-19(31-5)14-17(30-4)15-20(21)32-23/h6-11,14-15H,1-2,12-13H2,3-5H3. The Morgan fingerprint density at radius 1 is 1.12 bits per heavy atom. The van der Waals surface area contributed by atoms with Gasteiger partial charge in [0.15, 0.2) is 4.80 Å². The third-order valence-electron chi connectivity index (χ3n) is 4.89. The number of aromatic nitrogens is 1. The Morgan fingerprint density at radius 3 is 2.30 bits per heavy atom. The number of carbonyl (C=O) groups is 1. The molecule has 0 aliphatic carbocycles. The Labute approximate surface area is 196 Å². The first-order valence-corrected chi connectivity index (χ1v) is 12.1. The van der Waals surface area contributed by atoms with E-state index in [0.29, 0.717) is 16.3 Å². The lowest BCUT2D eigenvalue weighted by molar-refractivity contribution is 0.0998. The van der Waals surface area contributed by atoms with E-state index in [1.54, 1.807) is 31.9 Å². The Kier molecular flexibility index (Phi) is 7.52. The van der Waals surface area contributed by atoms with Crippen LogP contribution in [0.4, 0.5) is 0 Å². The van der Waals surface area contributed by atoms with E-state index in [4.69, 9.17) is 9.47 Å². The fourth-order valence-electron chi connectivity index (χ4n) is 3.23. The topological polar surface area (TPSA) is 90.2 Å². The van der Waals surface area contributed by atoms with Crippen LogP contribution in [0.25, 0.3) is 10.2 Å². The van der Waals surface area contributed by atoms with Crippen molar-refractivity contribution in [3.05, 3.63) is 72.1 Å². The maximum Gasteiger partial charge on any atom is 0.279 e. The lowest BCUT2D eigenvalue weighted by Gasteiger charge is -2.19. The predicted octanol–water partition coefficient (Wildman–Crippen LogP) is 3.36. The molecule has 0 saturated carbocycles. The Morgan fingerprint density at radius 2 is 1.76 bits per heavy atom. The number of amides is 1. The van der Waals surface area contributed by atoms with Crippen LogP contribution in [-0.4, -0.2) is 50.5 Å². The van der Waals surface area contributed by atoms with Crippen LogP contribution in [0.3, 0.4) is 0 Å². The second-order valence-corrected chi connectivity index (χ2v) is 9.91. The van der Waals surface area contributed by atoms with Crippen LogP contribution >= 0.6 is 11.3 Å². The van der Waals surface area contributed by atoms with E-state index < -0.39 is 15.9 Å². The normalized spacial score (nSPS) is 12.2. The number of thiazole rings is 1. The second-order valence-electron chi connectivity index (χ2n) is 6.96. The van der Waals surface area contributed by atoms with Gasteiger partial charge in [-0.05, 0) is 30.3 Å². The van der Waals surface area contributed by atoms with Crippen molar-refractivity contribution >= 4 is 37.5 Å². The van der Waals surface area contributed by atoms with E-state index in [2.05, 4.69) is 18.2 Å². The highest BCUT2D eigenvalue weighted by Gasteiger charge is 2.22. The number of ether oxygens (including phenoxy) is 2. The Hall–Kier alpha value is -3.21. The molecular formula is C23H25N3O5S2. The molecule has 0 fully saturated rings. The van der Waals surface area contributed by atoms with Crippen LogP contribution < -0.4 is 14.3 Å². The van der Waals surface area contributed by atoms with E-state index in [0.717, 1.165) is 10.2 Å². The summed E-state index contributed by atoms with van der Waals surface area (Å²) in [4.78, 5) is 17.6. The van der Waals surface area contributed by atoms with Gasteiger partial charge < -0.3 is 14.0 Å². The largest absolute Gasteiger partial charge is 0.497 e. The summed E-state index contributed by atoms with van der Waals surface area (Å²) >= 11 is 1.32. The number of benzene rings is 2. The van der Waals surface area contributed by atoms with Crippen molar-refractivity contribution in [1.82, 2.24) is 8.87 Å². The van der Waals surface area contributed by atoms with Gasteiger partial charge in [-0.25, -0.2) is 8.42 Å². The molecule has 0 unspecified atom stereocenters. The number of sulfonamides is 1. The van der Waals surface area contributed by atoms with Crippen LogP contribution in [0.5, 0.6) is 11.5 Å². The lowest BCUT2D eigenvalue weighted by atomic mass is 10.2. The van der Waals surface area contributed by atoms with E-state index in [-0.39, 0.29) is 23.5 Å². The molecule has 1 amide bonds. The average molecular weight is 488 g/mol. The lowest BCUT2D eigenvalue weighted by Crippen LogP contribution is -2.31. The van der Waals surface area contributed by atoms with Gasteiger partial charge in [-0.3, -0.25) is 4.79 Å². The maximum atomic E-state index is 12.8. The minimum Gasteiger partial charge on any atom is -0.497 e. The fourth-order valence-corrected chi connectivity index (χ4v) is 5.67. The van der Waals surface area contributed by atoms with Crippen molar-refractivity contribution in [2.24, 2.45) is 12.0 Å². The van der Waals surface area contributed by atoms with Gasteiger partial charge in [0.2, 0.25) is 10.0 Å². The average Bonchev–Trinajstić information content (AvgIpc) is 3.13. The van der Waals surface area contributed by atoms with Crippen LogP contribution in [-0.2, 0) is 17.1 Å². The van der Waals surface area contributed by atoms with Crippen LogP contribution in [0.2, 0.25) is 0 Å². The molecule has 0 radical (unpaired) electrons. The SMILES string of the molecule is C=CCN(CC=C)S(=O)(=O)c1ccc(C(=O)N=c2sc3cc(OC)cc(OC)c3n2C)cc1. The Balaban J connectivity index is 1.97. The van der Waals surface area contributed by atoms with Crippen LogP contribution in [0.15, 0.2) is 71.6 Å². The Bertz CT molecular complexity index is 1360. The van der Waals surface area contributed by atoms with Gasteiger partial charge in [0.25, 0.3) is 5.91 Å². The van der Waals surface area contributed by atoms with Gasteiger partial charge in [-0.15, -0.1) is 13.2 Å². The van der Waals surface area contributed by atoms with Crippen molar-refractivity contribution in [1.29, 1.82) is 0 Å². The highest BCUT2D eigenvalue weighted by Crippen LogP contribution is 2.32. The minimum atomic E-state index is -3.74. The van der Waals surface area contributed by atoms with Gasteiger partial charge in [0.1, 0.15) is 17.0 Å². The molecule has 10 heteroatoms. The molecule has 33 heavy (non-hydrogen) atoms. The van der Waals surface area contributed by atoms with Crippen molar-refractivity contribution in [2.45, 2.75) is 4.90 Å². The molecular weight excluding hydrogens is 462 g/mol. The number of rotatable bonds is 9. The molecule has 0 aliphatic heterocycles. The molecule has 0 bridgehead atoms. The first-order chi connectivity index (χ1) is 15.8. The van der Waals surface area contributed by atoms with E-state index in [1.807, 2.05) is 6.07 Å². The molecule has 3 aromatic rings. The van der Waals surface area contributed by atoms with Gasteiger partial charge >= 0.3 is 0 Å². The molecule has 0 atom stereocenters. The monoisotopic (exact) mass is 487 g/mol. The molecule has 8 nitrogen and oxygen atoms in total. The number of methoxy groups -OCH3 is 2. The number of hydrogen-bond donors (Lipinski definition) is 0. The first-order valence-electron chi connectivity index (χ1n) is 9.89. The maximum absolute atomic E-state index is 12.8. The summed E-state index contributed by atoms with van der Waals surface area (Å²) in [5.41, 5.74) is 1.07. The molecule has 0 saturated heterocycles. The molecule has 0 spiro atoms. The van der Waals surface area contributed by atoms with E-state index >= 15 is 0 Å². The predicted molar refractivity (Wildman–Crippen MR) is 129 cm³/mol. The highest BCUT2D eigenvalue weighted by molar-refractivity contribution is 7.89. The second kappa shape index (κ2) is 10.2. The van der Waals surface area contributed by atoms with Gasteiger partial charge in [-0.2, -0.15) is 9.30 Å². The van der Waals surface area contributed by atoms with Gasteiger partial charge in [-0.1, -0.05) is 23.5 Å². The van der Waals surface area contributed by atoms with Crippen molar-refractivity contribution in [3.8, 4) is 11.5 Å². The molecule has 174 valence electrons. The van der Waals surface area contributed by atoms with Crippen molar-refractivity contribution in [3.63, 3.8) is 0 Å². The smallest absolute Gasteiger partial charge is 0.279 e. The molecule has 0 N–H and O–H groups in total. The fraction of sp³-hybridized carbons (Fsp3) is 0.217. The first kappa shape index (κ1) is 24.4. The number of hydrogen-bond acceptors (Lipinski definition) is 6. The third-order valence-corrected chi connectivity index (χ3v) is 7.82. The zero-order valence-electron chi connectivity index (χ0n) is 18.6. The summed E-state index contributed by atoms with van der Waals surface area (Å²) in [6.07, 6.45) is 3.01. The number of carbonyl (C=O) groups excluding carboxylic acids is 1. The summed E-state index contributed by atoms with van der Waals surface area (Å²) in [7, 11) is 1.19. The van der Waals surface area contributed by atoms with E-state index in [1.165, 1.54) is 52.1 Å². The molecule has 1 aromatic heterocycles. The summed E-state index contributed by atoms with van der Waals surface area (Å²) in [6, 6.07) is 9.32. The number of fused-ring (bicyclic) bond motifs is 1. The number of aryl methyl sites for hydroxylation is 1. The van der Waals surface area contributed by atoms with E-state index in [9.17, 15) is 13.2 Å². The summed E-state index contributed by atoms with van der Waals surface area (Å²) < 4.78 is 40.3. The van der Waals surface area contributed by atoms with Gasteiger partial charge in [0.05, 0.1) is 23.8 Å². The molecule has 0 aliphatic rings. The summed E-state index contributed by atoms with van der Waals surface area (Å²) in [5, 5.41) is 0. The zero-order chi connectivity index (χ0) is 24.2. The number of nitrogens with zero attached hydrogens (tertiary/aromatic N) is 3. The summed E-state index contributed by atoms with van der Waals surface area (Å²) in [6.45, 7) is 7.50.